The first-order valence-electron chi connectivity index (χ1n) is 12.3. The van der Waals surface area contributed by atoms with Gasteiger partial charge in [-0.3, -0.25) is 0 Å². The number of esters is 2. The second-order valence-electron chi connectivity index (χ2n) is 8.38. The summed E-state index contributed by atoms with van der Waals surface area (Å²) in [6.45, 7) is 9.68. The molecule has 0 heterocycles. The Morgan fingerprint density at radius 2 is 1.03 bits per heavy atom. The van der Waals surface area contributed by atoms with Gasteiger partial charge in [0, 0.05) is 0 Å². The van der Waals surface area contributed by atoms with E-state index in [9.17, 15) is 9.59 Å². The number of hydrogen-bond donors (Lipinski definition) is 0. The molecule has 186 valence electrons. The van der Waals surface area contributed by atoms with Crippen molar-refractivity contribution in [2.24, 2.45) is 0 Å². The van der Waals surface area contributed by atoms with Gasteiger partial charge in [0.1, 0.15) is 22.6 Å². The summed E-state index contributed by atoms with van der Waals surface area (Å²) in [5.74, 6) is 0.451. The molecular formula is C28H38O6. The number of carbonyl (C=O) groups excluding carboxylic acids is 2. The molecule has 0 N–H and O–H groups in total. The highest BCUT2D eigenvalue weighted by atomic mass is 16.5. The lowest BCUT2D eigenvalue weighted by Gasteiger charge is -2.13. The van der Waals surface area contributed by atoms with Crippen molar-refractivity contribution in [3.8, 4) is 11.5 Å². The zero-order chi connectivity index (χ0) is 24.8. The predicted octanol–water partition coefficient (Wildman–Crippen LogP) is 6.46. The van der Waals surface area contributed by atoms with Gasteiger partial charge in [0.2, 0.25) is 0 Å². The molecular weight excluding hydrogens is 432 g/mol. The SMILES string of the molecule is CCCOC(=O)c1cc(C)ccc1OCCCCCCOc1ccc(C)cc1C(=O)OCCC. The Morgan fingerprint density at radius 1 is 0.618 bits per heavy atom. The number of rotatable bonds is 15. The fraction of sp³-hybridized carbons (Fsp3) is 0.500. The highest BCUT2D eigenvalue weighted by Gasteiger charge is 2.15. The molecule has 0 aliphatic rings. The van der Waals surface area contributed by atoms with E-state index in [0.29, 0.717) is 49.1 Å². The van der Waals surface area contributed by atoms with Gasteiger partial charge < -0.3 is 18.9 Å². The van der Waals surface area contributed by atoms with E-state index in [-0.39, 0.29) is 11.9 Å². The molecule has 0 atom stereocenters. The average molecular weight is 471 g/mol. The molecule has 34 heavy (non-hydrogen) atoms. The van der Waals surface area contributed by atoms with Crippen LogP contribution in [0.2, 0.25) is 0 Å². The lowest BCUT2D eigenvalue weighted by atomic mass is 10.1. The molecule has 6 nitrogen and oxygen atoms in total. The molecule has 0 aliphatic carbocycles. The van der Waals surface area contributed by atoms with Crippen molar-refractivity contribution in [2.75, 3.05) is 26.4 Å². The molecule has 2 aromatic carbocycles. The molecule has 0 fully saturated rings. The number of carbonyl (C=O) groups is 2. The van der Waals surface area contributed by atoms with Gasteiger partial charge in [0.05, 0.1) is 26.4 Å². The van der Waals surface area contributed by atoms with Crippen molar-refractivity contribution < 1.29 is 28.5 Å². The number of aryl methyl sites for hydroxylation is 2. The standard InChI is InChI=1S/C28H38O6/c1-5-15-33-27(29)23-19-21(3)11-13-25(23)31-17-9-7-8-10-18-32-26-14-12-22(4)20-24(26)28(30)34-16-6-2/h11-14,19-20H,5-10,15-18H2,1-4H3. The highest BCUT2D eigenvalue weighted by molar-refractivity contribution is 5.93. The first-order valence-corrected chi connectivity index (χ1v) is 12.3. The van der Waals surface area contributed by atoms with E-state index in [0.717, 1.165) is 49.7 Å². The predicted molar refractivity (Wildman–Crippen MR) is 133 cm³/mol. The van der Waals surface area contributed by atoms with E-state index in [1.54, 1.807) is 0 Å². The van der Waals surface area contributed by atoms with E-state index in [2.05, 4.69) is 0 Å². The lowest BCUT2D eigenvalue weighted by molar-refractivity contribution is 0.0490. The third-order valence-electron chi connectivity index (χ3n) is 5.14. The Hall–Kier alpha value is -3.02. The summed E-state index contributed by atoms with van der Waals surface area (Å²) in [5, 5.41) is 0. The molecule has 0 saturated carbocycles. The Bertz CT molecular complexity index is 846. The monoisotopic (exact) mass is 470 g/mol. The summed E-state index contributed by atoms with van der Waals surface area (Å²) >= 11 is 0. The van der Waals surface area contributed by atoms with E-state index in [4.69, 9.17) is 18.9 Å². The van der Waals surface area contributed by atoms with Crippen LogP contribution in [-0.4, -0.2) is 38.4 Å². The molecule has 0 aliphatic heterocycles. The minimum absolute atomic E-state index is 0.341. The Morgan fingerprint density at radius 3 is 1.41 bits per heavy atom. The van der Waals surface area contributed by atoms with Gasteiger partial charge in [0.25, 0.3) is 0 Å². The van der Waals surface area contributed by atoms with Gasteiger partial charge in [-0.05, 0) is 76.6 Å². The van der Waals surface area contributed by atoms with Crippen LogP contribution in [0.1, 0.15) is 84.2 Å². The third-order valence-corrected chi connectivity index (χ3v) is 5.14. The fourth-order valence-electron chi connectivity index (χ4n) is 3.33. The summed E-state index contributed by atoms with van der Waals surface area (Å²) < 4.78 is 22.3. The quantitative estimate of drug-likeness (QED) is 0.220. The summed E-state index contributed by atoms with van der Waals surface area (Å²) in [7, 11) is 0. The molecule has 0 radical (unpaired) electrons. The van der Waals surface area contributed by atoms with Crippen LogP contribution in [0.3, 0.4) is 0 Å². The van der Waals surface area contributed by atoms with Gasteiger partial charge in [-0.2, -0.15) is 0 Å². The fourth-order valence-corrected chi connectivity index (χ4v) is 3.33. The first kappa shape index (κ1) is 27.2. The second kappa shape index (κ2) is 15.0. The minimum atomic E-state index is -0.341. The van der Waals surface area contributed by atoms with E-state index < -0.39 is 0 Å². The molecule has 0 amide bonds. The summed E-state index contributed by atoms with van der Waals surface area (Å²) in [4.78, 5) is 24.6. The zero-order valence-electron chi connectivity index (χ0n) is 21.0. The maximum absolute atomic E-state index is 12.3. The smallest absolute Gasteiger partial charge is 0.341 e. The molecule has 0 unspecified atom stereocenters. The molecule has 2 rings (SSSR count). The van der Waals surface area contributed by atoms with Crippen molar-refractivity contribution in [1.82, 2.24) is 0 Å². The normalized spacial score (nSPS) is 10.6. The van der Waals surface area contributed by atoms with Crippen molar-refractivity contribution in [3.63, 3.8) is 0 Å². The van der Waals surface area contributed by atoms with E-state index in [1.165, 1.54) is 0 Å². The van der Waals surface area contributed by atoms with Gasteiger partial charge >= 0.3 is 11.9 Å². The van der Waals surface area contributed by atoms with Crippen LogP contribution in [0.15, 0.2) is 36.4 Å². The number of benzene rings is 2. The maximum atomic E-state index is 12.3. The summed E-state index contributed by atoms with van der Waals surface area (Å²) in [6, 6.07) is 11.1. The first-order chi connectivity index (χ1) is 16.5. The Balaban J connectivity index is 1.73. The number of unbranched alkanes of at least 4 members (excludes halogenated alkanes) is 3. The molecule has 0 saturated heterocycles. The number of ether oxygens (including phenoxy) is 4. The molecule has 0 aromatic heterocycles. The van der Waals surface area contributed by atoms with Crippen LogP contribution >= 0.6 is 0 Å². The van der Waals surface area contributed by atoms with Crippen LogP contribution in [-0.2, 0) is 9.47 Å². The Kier molecular flexibility index (Phi) is 12.0. The van der Waals surface area contributed by atoms with Gasteiger partial charge in [-0.15, -0.1) is 0 Å². The topological polar surface area (TPSA) is 71.1 Å². The van der Waals surface area contributed by atoms with Gasteiger partial charge in [-0.25, -0.2) is 9.59 Å². The average Bonchev–Trinajstić information content (AvgIpc) is 2.83. The highest BCUT2D eigenvalue weighted by Crippen LogP contribution is 2.23. The van der Waals surface area contributed by atoms with Crippen molar-refractivity contribution in [2.45, 2.75) is 66.2 Å². The Labute approximate surface area is 203 Å². The molecule has 2 aromatic rings. The van der Waals surface area contributed by atoms with Crippen LogP contribution in [0.4, 0.5) is 0 Å². The molecule has 0 bridgehead atoms. The van der Waals surface area contributed by atoms with Crippen molar-refractivity contribution in [3.05, 3.63) is 58.7 Å². The van der Waals surface area contributed by atoms with Crippen molar-refractivity contribution in [1.29, 1.82) is 0 Å². The van der Waals surface area contributed by atoms with Crippen molar-refractivity contribution >= 4 is 11.9 Å². The zero-order valence-corrected chi connectivity index (χ0v) is 21.0. The summed E-state index contributed by atoms with van der Waals surface area (Å²) in [5.41, 5.74) is 2.94. The molecule has 0 spiro atoms. The van der Waals surface area contributed by atoms with Crippen LogP contribution in [0, 0.1) is 13.8 Å². The van der Waals surface area contributed by atoms with E-state index >= 15 is 0 Å². The lowest BCUT2D eigenvalue weighted by Crippen LogP contribution is -2.10. The van der Waals surface area contributed by atoms with Gasteiger partial charge in [-0.1, -0.05) is 37.1 Å². The van der Waals surface area contributed by atoms with E-state index in [1.807, 2.05) is 64.1 Å². The van der Waals surface area contributed by atoms with Crippen LogP contribution in [0.5, 0.6) is 11.5 Å². The minimum Gasteiger partial charge on any atom is -0.493 e. The molecule has 6 heteroatoms. The van der Waals surface area contributed by atoms with Crippen LogP contribution < -0.4 is 9.47 Å². The third kappa shape index (κ3) is 9.08. The summed E-state index contributed by atoms with van der Waals surface area (Å²) in [6.07, 6.45) is 5.26. The number of hydrogen-bond acceptors (Lipinski definition) is 6. The largest absolute Gasteiger partial charge is 0.493 e. The van der Waals surface area contributed by atoms with Gasteiger partial charge in [0.15, 0.2) is 0 Å². The maximum Gasteiger partial charge on any atom is 0.341 e. The van der Waals surface area contributed by atoms with Crippen LogP contribution in [0.25, 0.3) is 0 Å². The second-order valence-corrected chi connectivity index (χ2v) is 8.38.